The van der Waals surface area contributed by atoms with Gasteiger partial charge < -0.3 is 4.90 Å². The summed E-state index contributed by atoms with van der Waals surface area (Å²) in [6.45, 7) is 13.0. The highest BCUT2D eigenvalue weighted by Gasteiger charge is 2.38. The van der Waals surface area contributed by atoms with Crippen molar-refractivity contribution in [3.8, 4) is 0 Å². The monoisotopic (exact) mass is 201 g/mol. The Kier molecular flexibility index (Phi) is 1.97. The number of rotatable bonds is 0. The van der Waals surface area contributed by atoms with E-state index in [2.05, 4.69) is 58.4 Å². The molecule has 0 aliphatic carbocycles. The first-order valence-electron chi connectivity index (χ1n) is 5.40. The summed E-state index contributed by atoms with van der Waals surface area (Å²) in [5.74, 6) is 0. The smallest absolute Gasteiger partial charge is 0.0453 e. The van der Waals surface area contributed by atoms with E-state index >= 15 is 0 Å². The summed E-state index contributed by atoms with van der Waals surface area (Å²) in [5.41, 5.74) is 6.71. The number of hydrogen-bond donors (Lipinski definition) is 0. The Morgan fingerprint density at radius 3 is 2.40 bits per heavy atom. The number of hydrogen-bond acceptors (Lipinski definition) is 1. The molecule has 0 amide bonds. The molecule has 0 spiro atoms. The molecule has 1 nitrogen and oxygen atoms in total. The van der Waals surface area contributed by atoms with E-state index in [1.165, 1.54) is 28.1 Å². The third-order valence-electron chi connectivity index (χ3n) is 3.57. The van der Waals surface area contributed by atoms with Gasteiger partial charge in [0.25, 0.3) is 0 Å². The van der Waals surface area contributed by atoms with E-state index in [0.717, 1.165) is 0 Å². The molecule has 0 fully saturated rings. The molecular weight excluding hydrogens is 182 g/mol. The van der Waals surface area contributed by atoms with Gasteiger partial charge in [-0.25, -0.2) is 0 Å². The van der Waals surface area contributed by atoms with Crippen molar-refractivity contribution in [1.82, 2.24) is 0 Å². The van der Waals surface area contributed by atoms with Gasteiger partial charge in [0.15, 0.2) is 0 Å². The molecule has 1 aliphatic heterocycles. The van der Waals surface area contributed by atoms with E-state index < -0.39 is 0 Å². The fourth-order valence-electron chi connectivity index (χ4n) is 2.73. The van der Waals surface area contributed by atoms with Crippen LogP contribution in [-0.2, 0) is 5.41 Å². The average molecular weight is 201 g/mol. The first-order valence-corrected chi connectivity index (χ1v) is 5.40. The second kappa shape index (κ2) is 2.88. The summed E-state index contributed by atoms with van der Waals surface area (Å²) >= 11 is 0. The number of benzene rings is 1. The number of nitrogens with zero attached hydrogens (tertiary/aromatic N) is 1. The highest BCUT2D eigenvalue weighted by atomic mass is 15.1. The van der Waals surface area contributed by atoms with Crippen molar-refractivity contribution in [2.24, 2.45) is 0 Å². The lowest BCUT2D eigenvalue weighted by atomic mass is 9.81. The minimum absolute atomic E-state index is 0.0713. The van der Waals surface area contributed by atoms with Crippen LogP contribution in [0.1, 0.15) is 30.5 Å². The zero-order valence-electron chi connectivity index (χ0n) is 10.3. The molecule has 80 valence electrons. The van der Waals surface area contributed by atoms with Gasteiger partial charge in [0.05, 0.1) is 0 Å². The first-order chi connectivity index (χ1) is 6.85. The Morgan fingerprint density at radius 2 is 1.80 bits per heavy atom. The number of anilines is 1. The molecule has 1 aromatic rings. The SMILES string of the molecule is C=C1N(C)c2cc(C)cc(C)c2C1(C)C. The molecule has 0 N–H and O–H groups in total. The van der Waals surface area contributed by atoms with Gasteiger partial charge in [-0.15, -0.1) is 0 Å². The molecule has 0 saturated carbocycles. The van der Waals surface area contributed by atoms with Crippen LogP contribution >= 0.6 is 0 Å². The van der Waals surface area contributed by atoms with Crippen LogP contribution in [-0.4, -0.2) is 7.05 Å². The van der Waals surface area contributed by atoms with Gasteiger partial charge in [-0.05, 0) is 36.6 Å². The van der Waals surface area contributed by atoms with E-state index in [9.17, 15) is 0 Å². The van der Waals surface area contributed by atoms with Crippen molar-refractivity contribution in [2.75, 3.05) is 11.9 Å². The zero-order valence-corrected chi connectivity index (χ0v) is 10.3. The molecule has 1 heterocycles. The van der Waals surface area contributed by atoms with E-state index in [0.29, 0.717) is 0 Å². The van der Waals surface area contributed by atoms with Crippen LogP contribution in [0.4, 0.5) is 5.69 Å². The molecule has 0 bridgehead atoms. The van der Waals surface area contributed by atoms with Gasteiger partial charge in [0, 0.05) is 23.8 Å². The van der Waals surface area contributed by atoms with E-state index in [1.54, 1.807) is 0 Å². The van der Waals surface area contributed by atoms with Gasteiger partial charge in [-0.3, -0.25) is 0 Å². The summed E-state index contributed by atoms with van der Waals surface area (Å²) in [5, 5.41) is 0. The lowest BCUT2D eigenvalue weighted by Crippen LogP contribution is -2.21. The molecule has 0 saturated heterocycles. The summed E-state index contributed by atoms with van der Waals surface area (Å²) in [7, 11) is 2.11. The molecule has 1 aromatic carbocycles. The highest BCUT2D eigenvalue weighted by molar-refractivity contribution is 5.72. The minimum atomic E-state index is 0.0713. The second-order valence-electron chi connectivity index (χ2n) is 5.11. The summed E-state index contributed by atoms with van der Waals surface area (Å²) in [6.07, 6.45) is 0. The first kappa shape index (κ1) is 10.3. The Labute approximate surface area is 92.4 Å². The fraction of sp³-hybridized carbons (Fsp3) is 0.429. The quantitative estimate of drug-likeness (QED) is 0.620. The molecule has 0 radical (unpaired) electrons. The predicted octanol–water partition coefficient (Wildman–Crippen LogP) is 3.54. The lowest BCUT2D eigenvalue weighted by molar-refractivity contribution is 0.639. The number of likely N-dealkylation sites (N-methyl/N-ethyl adjacent to an activating group) is 1. The maximum atomic E-state index is 4.20. The third kappa shape index (κ3) is 1.22. The predicted molar refractivity (Wildman–Crippen MR) is 66.5 cm³/mol. The molecule has 0 atom stereocenters. The Hall–Kier alpha value is -1.24. The van der Waals surface area contributed by atoms with Gasteiger partial charge in [-0.1, -0.05) is 26.5 Å². The second-order valence-corrected chi connectivity index (χ2v) is 5.11. The van der Waals surface area contributed by atoms with E-state index in [1.807, 2.05) is 0 Å². The van der Waals surface area contributed by atoms with Gasteiger partial charge in [0.1, 0.15) is 0 Å². The van der Waals surface area contributed by atoms with Gasteiger partial charge in [0.2, 0.25) is 0 Å². The van der Waals surface area contributed by atoms with Crippen LogP contribution in [0.15, 0.2) is 24.4 Å². The molecule has 1 heteroatoms. The van der Waals surface area contributed by atoms with Crippen LogP contribution in [0.2, 0.25) is 0 Å². The third-order valence-corrected chi connectivity index (χ3v) is 3.57. The van der Waals surface area contributed by atoms with Crippen molar-refractivity contribution < 1.29 is 0 Å². The number of aryl methyl sites for hydroxylation is 2. The summed E-state index contributed by atoms with van der Waals surface area (Å²) < 4.78 is 0. The Morgan fingerprint density at radius 1 is 1.20 bits per heavy atom. The number of allylic oxidation sites excluding steroid dienone is 1. The van der Waals surface area contributed by atoms with Crippen molar-refractivity contribution in [3.05, 3.63) is 41.1 Å². The molecule has 15 heavy (non-hydrogen) atoms. The molecule has 0 aromatic heterocycles. The van der Waals surface area contributed by atoms with Crippen LogP contribution in [0.3, 0.4) is 0 Å². The molecule has 0 unspecified atom stereocenters. The van der Waals surface area contributed by atoms with E-state index in [-0.39, 0.29) is 5.41 Å². The highest BCUT2D eigenvalue weighted by Crippen LogP contribution is 2.47. The largest absolute Gasteiger partial charge is 0.348 e. The molecule has 2 rings (SSSR count). The van der Waals surface area contributed by atoms with Gasteiger partial charge in [-0.2, -0.15) is 0 Å². The Balaban J connectivity index is 2.77. The zero-order chi connectivity index (χ0) is 11.4. The lowest BCUT2D eigenvalue weighted by Gasteiger charge is -2.23. The fourth-order valence-corrected chi connectivity index (χ4v) is 2.73. The molecule has 1 aliphatic rings. The van der Waals surface area contributed by atoms with Gasteiger partial charge >= 0.3 is 0 Å². The van der Waals surface area contributed by atoms with Crippen molar-refractivity contribution in [3.63, 3.8) is 0 Å². The normalized spacial score (nSPS) is 18.2. The topological polar surface area (TPSA) is 3.24 Å². The molecular formula is C14H19N. The van der Waals surface area contributed by atoms with Crippen molar-refractivity contribution in [1.29, 1.82) is 0 Å². The van der Waals surface area contributed by atoms with Crippen molar-refractivity contribution >= 4 is 5.69 Å². The average Bonchev–Trinajstić information content (AvgIpc) is 2.27. The van der Waals surface area contributed by atoms with Crippen LogP contribution in [0.5, 0.6) is 0 Å². The van der Waals surface area contributed by atoms with Crippen LogP contribution in [0, 0.1) is 13.8 Å². The van der Waals surface area contributed by atoms with Crippen LogP contribution in [0.25, 0.3) is 0 Å². The maximum absolute atomic E-state index is 4.20. The summed E-state index contributed by atoms with van der Waals surface area (Å²) in [6, 6.07) is 4.51. The van der Waals surface area contributed by atoms with Crippen LogP contribution < -0.4 is 4.90 Å². The number of fused-ring (bicyclic) bond motifs is 1. The van der Waals surface area contributed by atoms with E-state index in [4.69, 9.17) is 0 Å². The summed E-state index contributed by atoms with van der Waals surface area (Å²) in [4.78, 5) is 2.22. The minimum Gasteiger partial charge on any atom is -0.348 e. The Bertz CT molecular complexity index is 441. The van der Waals surface area contributed by atoms with Crippen molar-refractivity contribution in [2.45, 2.75) is 33.1 Å². The maximum Gasteiger partial charge on any atom is 0.0453 e. The standard InChI is InChI=1S/C14H19N/c1-9-7-10(2)13-12(8-9)15(6)11(3)14(13,4)5/h7-8H,3H2,1-2,4-6H3.